The number of cyclic esters (lactones) is 1. The summed E-state index contributed by atoms with van der Waals surface area (Å²) in [6, 6.07) is 14.7. The molecule has 188 valence electrons. The van der Waals surface area contributed by atoms with Crippen molar-refractivity contribution < 1.29 is 14.3 Å². The zero-order valence-electron chi connectivity index (χ0n) is 21.0. The van der Waals surface area contributed by atoms with E-state index in [2.05, 4.69) is 29.6 Å². The van der Waals surface area contributed by atoms with Crippen LogP contribution in [0.4, 0.5) is 5.82 Å². The quantitative estimate of drug-likeness (QED) is 0.264. The molecule has 0 spiro atoms. The summed E-state index contributed by atoms with van der Waals surface area (Å²) in [7, 11) is 0. The van der Waals surface area contributed by atoms with E-state index in [0.717, 1.165) is 44.5 Å². The van der Waals surface area contributed by atoms with Crippen LogP contribution in [0.15, 0.2) is 42.5 Å². The summed E-state index contributed by atoms with van der Waals surface area (Å²) in [5, 5.41) is 3.41. The molecule has 5 nitrogen and oxygen atoms in total. The van der Waals surface area contributed by atoms with Crippen molar-refractivity contribution in [2.75, 3.05) is 18.5 Å². The Hall–Kier alpha value is -2.69. The molecule has 1 fully saturated rings. The molecule has 5 heteroatoms. The average molecular weight is 477 g/mol. The van der Waals surface area contributed by atoms with Gasteiger partial charge in [0.1, 0.15) is 11.6 Å². The molecule has 2 atom stereocenters. The van der Waals surface area contributed by atoms with E-state index in [9.17, 15) is 9.59 Å². The third kappa shape index (κ3) is 7.91. The van der Waals surface area contributed by atoms with Crippen LogP contribution < -0.4 is 5.32 Å². The van der Waals surface area contributed by atoms with Crippen molar-refractivity contribution in [1.82, 2.24) is 4.98 Å². The van der Waals surface area contributed by atoms with Crippen LogP contribution >= 0.6 is 0 Å². The van der Waals surface area contributed by atoms with Crippen LogP contribution in [-0.2, 0) is 33.6 Å². The fraction of sp³-hybridized carbons (Fsp3) is 0.567. The number of ether oxygens (including phenoxy) is 1. The highest BCUT2D eigenvalue weighted by Crippen LogP contribution is 2.30. The number of pyridine rings is 1. The Labute approximate surface area is 210 Å². The molecule has 1 N–H and O–H groups in total. The summed E-state index contributed by atoms with van der Waals surface area (Å²) in [6.45, 7) is 1.51. The van der Waals surface area contributed by atoms with Gasteiger partial charge in [0, 0.05) is 31.0 Å². The lowest BCUT2D eigenvalue weighted by atomic mass is 9.85. The smallest absolute Gasteiger partial charge is 0.309 e. The largest absolute Gasteiger partial charge is 0.465 e. The minimum atomic E-state index is -0.139. The molecule has 0 bridgehead atoms. The number of rotatable bonds is 14. The molecule has 2 aliphatic heterocycles. The van der Waals surface area contributed by atoms with Gasteiger partial charge in [0.25, 0.3) is 0 Å². The van der Waals surface area contributed by atoms with E-state index in [-0.39, 0.29) is 23.6 Å². The lowest BCUT2D eigenvalue weighted by molar-refractivity contribution is -0.141. The van der Waals surface area contributed by atoms with Crippen LogP contribution in [0.25, 0.3) is 0 Å². The van der Waals surface area contributed by atoms with Gasteiger partial charge < -0.3 is 10.1 Å². The van der Waals surface area contributed by atoms with E-state index < -0.39 is 0 Å². The Bertz CT molecular complexity index is 959. The topological polar surface area (TPSA) is 68.3 Å². The summed E-state index contributed by atoms with van der Waals surface area (Å²) < 4.78 is 5.32. The van der Waals surface area contributed by atoms with Crippen LogP contribution in [-0.4, -0.2) is 29.9 Å². The molecule has 1 saturated heterocycles. The standard InChI is InChI=1S/C30H40N2O3/c33-27(18-19-28-25(22-35-30(28)34)21-23-11-6-5-7-12-23)15-9-4-2-1-3-8-14-26-17-16-24-13-10-20-31-29(24)32-26/h5-7,11-12,16-17,25,28H,1-4,8-10,13-15,18-22H2,(H,31,32)/t25-,28?/m0/s1. The number of esters is 1. The molecule has 0 radical (unpaired) electrons. The normalized spacial score (nSPS) is 19.1. The number of aryl methyl sites for hydroxylation is 2. The van der Waals surface area contributed by atoms with E-state index in [4.69, 9.17) is 9.72 Å². The van der Waals surface area contributed by atoms with Crippen molar-refractivity contribution in [3.8, 4) is 0 Å². The maximum atomic E-state index is 12.4. The van der Waals surface area contributed by atoms with Gasteiger partial charge in [-0.25, -0.2) is 4.98 Å². The van der Waals surface area contributed by atoms with Gasteiger partial charge in [-0.05, 0) is 62.1 Å². The van der Waals surface area contributed by atoms with Crippen molar-refractivity contribution >= 4 is 17.6 Å². The molecular formula is C30H40N2O3. The van der Waals surface area contributed by atoms with Crippen LogP contribution in [0.1, 0.15) is 81.0 Å². The molecule has 2 aliphatic rings. The number of anilines is 1. The van der Waals surface area contributed by atoms with Crippen LogP contribution in [0.5, 0.6) is 0 Å². The first-order valence-electron chi connectivity index (χ1n) is 13.6. The second kappa shape index (κ2) is 13.4. The zero-order valence-corrected chi connectivity index (χ0v) is 21.0. The van der Waals surface area contributed by atoms with Gasteiger partial charge in [0.2, 0.25) is 0 Å². The number of nitrogens with one attached hydrogen (secondary N) is 1. The van der Waals surface area contributed by atoms with E-state index in [1.807, 2.05) is 18.2 Å². The molecule has 0 aliphatic carbocycles. The van der Waals surface area contributed by atoms with Crippen molar-refractivity contribution in [2.45, 2.75) is 83.5 Å². The Morgan fingerprint density at radius 2 is 1.77 bits per heavy atom. The zero-order chi connectivity index (χ0) is 24.3. The third-order valence-corrected chi connectivity index (χ3v) is 7.48. The molecule has 1 aromatic heterocycles. The number of hydrogen-bond donors (Lipinski definition) is 1. The van der Waals surface area contributed by atoms with Crippen LogP contribution in [0.3, 0.4) is 0 Å². The number of carbonyl (C=O) groups is 2. The van der Waals surface area contributed by atoms with Gasteiger partial charge in [-0.1, -0.05) is 62.1 Å². The van der Waals surface area contributed by atoms with Gasteiger partial charge in [-0.3, -0.25) is 9.59 Å². The number of nitrogens with zero attached hydrogens (tertiary/aromatic N) is 1. The SMILES string of the molecule is O=C(CCCCCCCCc1ccc2c(n1)NCCC2)CCC1C(=O)OC[C@@H]1Cc1ccccc1. The number of fused-ring (bicyclic) bond motifs is 1. The molecule has 0 amide bonds. The van der Waals surface area contributed by atoms with Gasteiger partial charge in [-0.15, -0.1) is 0 Å². The van der Waals surface area contributed by atoms with Crippen molar-refractivity contribution in [1.29, 1.82) is 0 Å². The lowest BCUT2D eigenvalue weighted by Crippen LogP contribution is -2.19. The number of Topliss-reactive ketones (excluding diaryl/α,β-unsaturated/α-hetero) is 1. The highest BCUT2D eigenvalue weighted by atomic mass is 16.5. The molecule has 1 unspecified atom stereocenters. The average Bonchev–Trinajstić information content (AvgIpc) is 3.23. The summed E-state index contributed by atoms with van der Waals surface area (Å²) >= 11 is 0. The maximum absolute atomic E-state index is 12.4. The molecular weight excluding hydrogens is 436 g/mol. The first-order chi connectivity index (χ1) is 17.2. The highest BCUT2D eigenvalue weighted by molar-refractivity contribution is 5.80. The lowest BCUT2D eigenvalue weighted by Gasteiger charge is -2.17. The van der Waals surface area contributed by atoms with Crippen LogP contribution in [0.2, 0.25) is 0 Å². The van der Waals surface area contributed by atoms with E-state index in [0.29, 0.717) is 25.9 Å². The van der Waals surface area contributed by atoms with Crippen molar-refractivity contribution in [3.63, 3.8) is 0 Å². The fourth-order valence-electron chi connectivity index (χ4n) is 5.36. The van der Waals surface area contributed by atoms with Gasteiger partial charge in [0.05, 0.1) is 12.5 Å². The summed E-state index contributed by atoms with van der Waals surface area (Å²) in [5.41, 5.74) is 3.77. The molecule has 3 heterocycles. The maximum Gasteiger partial charge on any atom is 0.309 e. The second-order valence-corrected chi connectivity index (χ2v) is 10.2. The van der Waals surface area contributed by atoms with Crippen molar-refractivity contribution in [2.24, 2.45) is 11.8 Å². The van der Waals surface area contributed by atoms with E-state index in [1.54, 1.807) is 0 Å². The Morgan fingerprint density at radius 3 is 2.63 bits per heavy atom. The predicted octanol–water partition coefficient (Wildman–Crippen LogP) is 6.09. The predicted molar refractivity (Wildman–Crippen MR) is 139 cm³/mol. The van der Waals surface area contributed by atoms with Gasteiger partial charge in [0.15, 0.2) is 0 Å². The number of carbonyl (C=O) groups excluding carboxylic acids is 2. The third-order valence-electron chi connectivity index (χ3n) is 7.48. The van der Waals surface area contributed by atoms with E-state index >= 15 is 0 Å². The minimum Gasteiger partial charge on any atom is -0.465 e. The summed E-state index contributed by atoms with van der Waals surface area (Å²) in [5.74, 6) is 1.30. The van der Waals surface area contributed by atoms with E-state index in [1.165, 1.54) is 48.9 Å². The highest BCUT2D eigenvalue weighted by Gasteiger charge is 2.36. The monoisotopic (exact) mass is 476 g/mol. The molecule has 4 rings (SSSR count). The Morgan fingerprint density at radius 1 is 0.971 bits per heavy atom. The number of hydrogen-bond acceptors (Lipinski definition) is 5. The van der Waals surface area contributed by atoms with Gasteiger partial charge in [-0.2, -0.15) is 0 Å². The summed E-state index contributed by atoms with van der Waals surface area (Å²) in [6.07, 6.45) is 12.8. The Kier molecular flexibility index (Phi) is 9.74. The molecule has 0 saturated carbocycles. The number of unbranched alkanes of at least 4 members (excludes halogenated alkanes) is 5. The summed E-state index contributed by atoms with van der Waals surface area (Å²) in [4.78, 5) is 29.4. The Balaban J connectivity index is 1.04. The molecule has 35 heavy (non-hydrogen) atoms. The molecule has 2 aromatic rings. The van der Waals surface area contributed by atoms with Gasteiger partial charge >= 0.3 is 5.97 Å². The fourth-order valence-corrected chi connectivity index (χ4v) is 5.36. The molecule has 1 aromatic carbocycles. The second-order valence-electron chi connectivity index (χ2n) is 10.2. The first kappa shape index (κ1) is 25.4. The van der Waals surface area contributed by atoms with Crippen LogP contribution in [0, 0.1) is 11.8 Å². The number of ketones is 1. The number of aromatic nitrogens is 1. The first-order valence-corrected chi connectivity index (χ1v) is 13.6. The number of benzene rings is 1. The minimum absolute atomic E-state index is 0.124. The van der Waals surface area contributed by atoms with Crippen molar-refractivity contribution in [3.05, 3.63) is 59.3 Å².